The van der Waals surface area contributed by atoms with Crippen LogP contribution >= 0.6 is 11.6 Å². The van der Waals surface area contributed by atoms with Crippen LogP contribution in [0.3, 0.4) is 0 Å². The first-order chi connectivity index (χ1) is 4.68. The molecular weight excluding hydrogens is 152 g/mol. The van der Waals surface area contributed by atoms with E-state index in [0.29, 0.717) is 12.4 Å². The second kappa shape index (κ2) is 11.0. The number of alkyl halides is 1. The maximum atomic E-state index is 9.81. The molecule has 3 N–H and O–H groups in total. The molecular formula is C6H11ClN2O. The molecule has 0 aromatic rings. The summed E-state index contributed by atoms with van der Waals surface area (Å²) in [7, 11) is 0. The number of nitrogens with one attached hydrogen (secondary N) is 1. The molecule has 0 atom stereocenters. The summed E-state index contributed by atoms with van der Waals surface area (Å²) in [4.78, 5) is 9.81. The maximum Gasteiger partial charge on any atom is 0.312 e. The molecule has 10 heavy (non-hydrogen) atoms. The first kappa shape index (κ1) is 11.9. The van der Waals surface area contributed by atoms with Crippen LogP contribution < -0.4 is 11.1 Å². The van der Waals surface area contributed by atoms with Crippen molar-refractivity contribution in [1.29, 1.82) is 0 Å². The lowest BCUT2D eigenvalue weighted by Gasteiger charge is -1.92. The Hall–Kier alpha value is -0.880. The van der Waals surface area contributed by atoms with Gasteiger partial charge in [-0.15, -0.1) is 23.9 Å². The lowest BCUT2D eigenvalue weighted by molar-refractivity contribution is 0.249. The van der Waals surface area contributed by atoms with Crippen molar-refractivity contribution in [3.63, 3.8) is 0 Å². The zero-order chi connectivity index (χ0) is 8.41. The fourth-order valence-corrected chi connectivity index (χ4v) is 0.265. The van der Waals surface area contributed by atoms with Gasteiger partial charge in [0.05, 0.1) is 0 Å². The van der Waals surface area contributed by atoms with Crippen molar-refractivity contribution in [3.8, 4) is 12.3 Å². The van der Waals surface area contributed by atoms with Gasteiger partial charge in [0.25, 0.3) is 0 Å². The number of primary amides is 1. The molecule has 0 heterocycles. The van der Waals surface area contributed by atoms with Crippen LogP contribution in [0.4, 0.5) is 4.79 Å². The van der Waals surface area contributed by atoms with Crippen molar-refractivity contribution < 1.29 is 4.79 Å². The number of amides is 2. The molecule has 0 unspecified atom stereocenters. The van der Waals surface area contributed by atoms with Crippen molar-refractivity contribution in [2.75, 3.05) is 12.4 Å². The number of rotatable bonds is 2. The van der Waals surface area contributed by atoms with Crippen LogP contribution in [-0.2, 0) is 0 Å². The lowest BCUT2D eigenvalue weighted by Crippen LogP contribution is -2.30. The Kier molecular flexibility index (Phi) is 13.0. The first-order valence-corrected chi connectivity index (χ1v) is 3.19. The number of urea groups is 1. The topological polar surface area (TPSA) is 55.1 Å². The number of carbonyl (C=O) groups excluding carboxylic acids is 1. The van der Waals surface area contributed by atoms with Crippen LogP contribution in [0.15, 0.2) is 0 Å². The summed E-state index contributed by atoms with van der Waals surface area (Å²) in [6, 6.07) is -0.527. The molecule has 0 saturated carbocycles. The van der Waals surface area contributed by atoms with E-state index >= 15 is 0 Å². The van der Waals surface area contributed by atoms with E-state index in [1.807, 2.05) is 0 Å². The van der Waals surface area contributed by atoms with E-state index in [-0.39, 0.29) is 0 Å². The minimum atomic E-state index is -0.527. The van der Waals surface area contributed by atoms with E-state index < -0.39 is 6.03 Å². The molecule has 0 aliphatic carbocycles. The molecule has 0 aromatic carbocycles. The molecule has 4 heteroatoms. The highest BCUT2D eigenvalue weighted by Crippen LogP contribution is 1.66. The number of nitrogens with two attached hydrogens (primary N) is 1. The van der Waals surface area contributed by atoms with Gasteiger partial charge in [-0.05, 0) is 6.92 Å². The van der Waals surface area contributed by atoms with E-state index in [1.54, 1.807) is 6.92 Å². The Labute approximate surface area is 65.9 Å². The summed E-state index contributed by atoms with van der Waals surface area (Å²) in [5, 5.41) is 2.30. The SMILES string of the molecule is C#CC.NC(=O)NCCCl. The number of terminal acetylenes is 1. The molecule has 0 radical (unpaired) electrons. The van der Waals surface area contributed by atoms with Crippen molar-refractivity contribution in [2.24, 2.45) is 5.73 Å². The van der Waals surface area contributed by atoms with Crippen molar-refractivity contribution in [3.05, 3.63) is 0 Å². The van der Waals surface area contributed by atoms with Gasteiger partial charge >= 0.3 is 6.03 Å². The maximum absolute atomic E-state index is 9.81. The fourth-order valence-electron chi connectivity index (χ4n) is 0.170. The molecule has 0 bridgehead atoms. The van der Waals surface area contributed by atoms with Crippen LogP contribution in [-0.4, -0.2) is 18.5 Å². The largest absolute Gasteiger partial charge is 0.352 e. The van der Waals surface area contributed by atoms with Gasteiger partial charge in [-0.3, -0.25) is 0 Å². The first-order valence-electron chi connectivity index (χ1n) is 2.65. The highest BCUT2D eigenvalue weighted by Gasteiger charge is 1.84. The van der Waals surface area contributed by atoms with Crippen LogP contribution in [0.25, 0.3) is 0 Å². The van der Waals surface area contributed by atoms with E-state index in [0.717, 1.165) is 0 Å². The zero-order valence-corrected chi connectivity index (χ0v) is 6.61. The molecule has 0 aromatic heterocycles. The van der Waals surface area contributed by atoms with Gasteiger partial charge in [0.1, 0.15) is 0 Å². The third kappa shape index (κ3) is 27.4. The van der Waals surface area contributed by atoms with Crippen LogP contribution in [0.5, 0.6) is 0 Å². The highest BCUT2D eigenvalue weighted by molar-refractivity contribution is 6.18. The molecule has 0 aliphatic rings. The molecule has 3 nitrogen and oxygen atoms in total. The Bertz CT molecular complexity index is 119. The smallest absolute Gasteiger partial charge is 0.312 e. The van der Waals surface area contributed by atoms with Crippen LogP contribution in [0, 0.1) is 12.3 Å². The molecule has 58 valence electrons. The Morgan fingerprint density at radius 1 is 1.90 bits per heavy atom. The van der Waals surface area contributed by atoms with E-state index in [9.17, 15) is 4.79 Å². The predicted octanol–water partition coefficient (Wildman–Crippen LogP) is 0.533. The highest BCUT2D eigenvalue weighted by atomic mass is 35.5. The molecule has 0 rings (SSSR count). The summed E-state index contributed by atoms with van der Waals surface area (Å²) < 4.78 is 0. The van der Waals surface area contributed by atoms with Gasteiger partial charge in [0.2, 0.25) is 0 Å². The van der Waals surface area contributed by atoms with Gasteiger partial charge < -0.3 is 11.1 Å². The number of hydrogen-bond acceptors (Lipinski definition) is 1. The van der Waals surface area contributed by atoms with E-state index in [4.69, 9.17) is 11.6 Å². The lowest BCUT2D eigenvalue weighted by atomic mass is 10.7. The average Bonchev–Trinajstić information content (AvgIpc) is 1.85. The van der Waals surface area contributed by atoms with Crippen molar-refractivity contribution in [1.82, 2.24) is 5.32 Å². The molecule has 0 saturated heterocycles. The van der Waals surface area contributed by atoms with Crippen molar-refractivity contribution in [2.45, 2.75) is 6.92 Å². The fraction of sp³-hybridized carbons (Fsp3) is 0.500. The van der Waals surface area contributed by atoms with Crippen LogP contribution in [0.1, 0.15) is 6.92 Å². The monoisotopic (exact) mass is 162 g/mol. The number of carbonyl (C=O) groups is 1. The van der Waals surface area contributed by atoms with Gasteiger partial charge in [0.15, 0.2) is 0 Å². The quantitative estimate of drug-likeness (QED) is 0.452. The standard InChI is InChI=1S/C3H7ClN2O.C3H4/c4-1-2-6-3(5)7;1-3-2/h1-2H2,(H3,5,6,7);1H,2H3. The summed E-state index contributed by atoms with van der Waals surface area (Å²) >= 11 is 5.18. The molecule has 0 aliphatic heterocycles. The van der Waals surface area contributed by atoms with Gasteiger partial charge in [-0.2, -0.15) is 0 Å². The number of hydrogen-bond donors (Lipinski definition) is 2. The third-order valence-corrected chi connectivity index (χ3v) is 0.583. The summed E-state index contributed by atoms with van der Waals surface area (Å²) in [5.41, 5.74) is 4.67. The molecule has 0 spiro atoms. The van der Waals surface area contributed by atoms with Gasteiger partial charge in [-0.25, -0.2) is 4.79 Å². The Morgan fingerprint density at radius 3 is 2.40 bits per heavy atom. The second-order valence-electron chi connectivity index (χ2n) is 1.27. The normalized spacial score (nSPS) is 6.50. The molecule has 0 fully saturated rings. The number of halogens is 1. The Balaban J connectivity index is 0. The Morgan fingerprint density at radius 2 is 2.30 bits per heavy atom. The minimum absolute atomic E-state index is 0.406. The van der Waals surface area contributed by atoms with E-state index in [2.05, 4.69) is 23.4 Å². The summed E-state index contributed by atoms with van der Waals surface area (Å²) in [6.45, 7) is 2.09. The summed E-state index contributed by atoms with van der Waals surface area (Å²) in [5.74, 6) is 2.66. The summed E-state index contributed by atoms with van der Waals surface area (Å²) in [6.07, 6.45) is 4.60. The van der Waals surface area contributed by atoms with Gasteiger partial charge in [-0.1, -0.05) is 0 Å². The van der Waals surface area contributed by atoms with Crippen LogP contribution in [0.2, 0.25) is 0 Å². The molecule has 2 amide bonds. The zero-order valence-electron chi connectivity index (χ0n) is 5.86. The third-order valence-electron chi connectivity index (χ3n) is 0.394. The minimum Gasteiger partial charge on any atom is -0.352 e. The second-order valence-corrected chi connectivity index (χ2v) is 1.65. The van der Waals surface area contributed by atoms with E-state index in [1.165, 1.54) is 0 Å². The average molecular weight is 163 g/mol. The van der Waals surface area contributed by atoms with Gasteiger partial charge in [0, 0.05) is 12.4 Å². The van der Waals surface area contributed by atoms with Crippen molar-refractivity contribution >= 4 is 17.6 Å². The predicted molar refractivity (Wildman–Crippen MR) is 42.8 cm³/mol.